The normalized spacial score (nSPS) is 12.2. The zero-order valence-electron chi connectivity index (χ0n) is 16.6. The molecule has 6 nitrogen and oxygen atoms in total. The van der Waals surface area contributed by atoms with E-state index in [1.54, 1.807) is 6.07 Å². The Kier molecular flexibility index (Phi) is 5.48. The zero-order chi connectivity index (χ0) is 21.1. The summed E-state index contributed by atoms with van der Waals surface area (Å²) in [4.78, 5) is 12.2. The van der Waals surface area contributed by atoms with Gasteiger partial charge in [0.15, 0.2) is 11.5 Å². The highest BCUT2D eigenvalue weighted by molar-refractivity contribution is 5.79. The standard InChI is InChI=1S/C24H23NO5/c1-29-22-13-15(12-21(26)23(22)27)10-11-25-24(28)30-14-20-18-8-4-2-6-16(18)17-7-3-5-9-19(17)20/h2-9,12-13,20,26-27H,10-11,14H2,1H3,(H,25,28). The molecule has 0 saturated heterocycles. The van der Waals surface area contributed by atoms with Gasteiger partial charge in [0.25, 0.3) is 0 Å². The molecule has 154 valence electrons. The Balaban J connectivity index is 1.34. The molecule has 0 unspecified atom stereocenters. The summed E-state index contributed by atoms with van der Waals surface area (Å²) in [5.41, 5.74) is 5.42. The Hall–Kier alpha value is -3.67. The summed E-state index contributed by atoms with van der Waals surface area (Å²) in [5.74, 6) is -0.358. The second-order valence-corrected chi connectivity index (χ2v) is 7.17. The maximum absolute atomic E-state index is 12.2. The molecule has 0 atom stereocenters. The largest absolute Gasteiger partial charge is 0.504 e. The fourth-order valence-corrected chi connectivity index (χ4v) is 3.91. The van der Waals surface area contributed by atoms with Gasteiger partial charge in [-0.1, -0.05) is 48.5 Å². The third-order valence-corrected chi connectivity index (χ3v) is 5.36. The molecular formula is C24H23NO5. The van der Waals surface area contributed by atoms with Crippen LogP contribution in [0.2, 0.25) is 0 Å². The van der Waals surface area contributed by atoms with E-state index in [1.165, 1.54) is 24.3 Å². The van der Waals surface area contributed by atoms with Crippen LogP contribution in [0.1, 0.15) is 22.6 Å². The first-order valence-electron chi connectivity index (χ1n) is 9.76. The quantitative estimate of drug-likeness (QED) is 0.535. The average Bonchev–Trinajstić information content (AvgIpc) is 3.08. The number of fused-ring (bicyclic) bond motifs is 3. The highest BCUT2D eigenvalue weighted by Gasteiger charge is 2.28. The molecule has 0 radical (unpaired) electrons. The van der Waals surface area contributed by atoms with Crippen LogP contribution in [0.4, 0.5) is 4.79 Å². The molecular weight excluding hydrogens is 382 g/mol. The predicted molar refractivity (Wildman–Crippen MR) is 113 cm³/mol. The number of hydrogen-bond donors (Lipinski definition) is 3. The van der Waals surface area contributed by atoms with E-state index in [2.05, 4.69) is 29.6 Å². The summed E-state index contributed by atoms with van der Waals surface area (Å²) in [7, 11) is 1.41. The summed E-state index contributed by atoms with van der Waals surface area (Å²) in [6, 6.07) is 19.4. The van der Waals surface area contributed by atoms with Crippen LogP contribution >= 0.6 is 0 Å². The third-order valence-electron chi connectivity index (χ3n) is 5.36. The van der Waals surface area contributed by atoms with Gasteiger partial charge in [-0.15, -0.1) is 0 Å². The highest BCUT2D eigenvalue weighted by Crippen LogP contribution is 2.44. The van der Waals surface area contributed by atoms with Crippen LogP contribution in [0.3, 0.4) is 0 Å². The van der Waals surface area contributed by atoms with Crippen LogP contribution in [0.5, 0.6) is 17.2 Å². The molecule has 1 aliphatic carbocycles. The second-order valence-electron chi connectivity index (χ2n) is 7.17. The minimum absolute atomic E-state index is 0.0152. The van der Waals surface area contributed by atoms with Gasteiger partial charge in [-0.3, -0.25) is 0 Å². The van der Waals surface area contributed by atoms with E-state index >= 15 is 0 Å². The smallest absolute Gasteiger partial charge is 0.407 e. The molecule has 6 heteroatoms. The number of carbonyl (C=O) groups is 1. The number of methoxy groups -OCH3 is 1. The van der Waals surface area contributed by atoms with Crippen LogP contribution in [0.25, 0.3) is 11.1 Å². The molecule has 0 aromatic heterocycles. The van der Waals surface area contributed by atoms with Crippen LogP contribution in [0, 0.1) is 0 Å². The van der Waals surface area contributed by atoms with Gasteiger partial charge in [0, 0.05) is 12.5 Å². The van der Waals surface area contributed by atoms with E-state index in [-0.39, 0.29) is 29.8 Å². The minimum atomic E-state index is -0.494. The fraction of sp³-hybridized carbons (Fsp3) is 0.208. The Morgan fingerprint density at radius 3 is 2.27 bits per heavy atom. The van der Waals surface area contributed by atoms with Crippen LogP contribution in [-0.4, -0.2) is 36.6 Å². The van der Waals surface area contributed by atoms with Gasteiger partial charge < -0.3 is 25.0 Å². The number of phenolic OH excluding ortho intramolecular Hbond substituents is 2. The lowest BCUT2D eigenvalue weighted by atomic mass is 9.98. The highest BCUT2D eigenvalue weighted by atomic mass is 16.5. The third kappa shape index (κ3) is 3.76. The van der Waals surface area contributed by atoms with Gasteiger partial charge >= 0.3 is 6.09 Å². The molecule has 0 saturated carbocycles. The van der Waals surface area contributed by atoms with E-state index in [9.17, 15) is 15.0 Å². The summed E-state index contributed by atoms with van der Waals surface area (Å²) in [6.07, 6.45) is -0.0409. The number of rotatable bonds is 6. The summed E-state index contributed by atoms with van der Waals surface area (Å²) < 4.78 is 10.5. The maximum Gasteiger partial charge on any atom is 0.407 e. The lowest BCUT2D eigenvalue weighted by Crippen LogP contribution is -2.28. The van der Waals surface area contributed by atoms with E-state index < -0.39 is 6.09 Å². The number of hydrogen-bond acceptors (Lipinski definition) is 5. The number of aromatic hydroxyl groups is 2. The van der Waals surface area contributed by atoms with Gasteiger partial charge in [0.05, 0.1) is 7.11 Å². The van der Waals surface area contributed by atoms with Crippen molar-refractivity contribution in [3.63, 3.8) is 0 Å². The van der Waals surface area contributed by atoms with Gasteiger partial charge in [0.1, 0.15) is 6.61 Å². The number of ether oxygens (including phenoxy) is 2. The van der Waals surface area contributed by atoms with Crippen molar-refractivity contribution in [2.75, 3.05) is 20.3 Å². The van der Waals surface area contributed by atoms with Crippen molar-refractivity contribution in [1.82, 2.24) is 5.32 Å². The Morgan fingerprint density at radius 1 is 1.00 bits per heavy atom. The molecule has 3 N–H and O–H groups in total. The average molecular weight is 405 g/mol. The molecule has 3 aromatic rings. The van der Waals surface area contributed by atoms with Gasteiger partial charge in [-0.25, -0.2) is 4.79 Å². The predicted octanol–water partition coefficient (Wildman–Crippen LogP) is 4.19. The number of alkyl carbamates (subject to hydrolysis) is 1. The molecule has 0 heterocycles. The van der Waals surface area contributed by atoms with Gasteiger partial charge in [-0.2, -0.15) is 0 Å². The second kappa shape index (κ2) is 8.37. The van der Waals surface area contributed by atoms with Gasteiger partial charge in [-0.05, 0) is 46.4 Å². The van der Waals surface area contributed by atoms with Crippen molar-refractivity contribution < 1.29 is 24.5 Å². The first-order chi connectivity index (χ1) is 14.6. The number of amides is 1. The van der Waals surface area contributed by atoms with Crippen molar-refractivity contribution in [3.8, 4) is 28.4 Å². The number of carbonyl (C=O) groups excluding carboxylic acids is 1. The SMILES string of the molecule is COc1cc(CCNC(=O)OCC2c3ccccc3-c3ccccc32)cc(O)c1O. The van der Waals surface area contributed by atoms with Crippen molar-refractivity contribution in [2.45, 2.75) is 12.3 Å². The fourth-order valence-electron chi connectivity index (χ4n) is 3.91. The maximum atomic E-state index is 12.2. The van der Waals surface area contributed by atoms with E-state index in [4.69, 9.17) is 9.47 Å². The summed E-state index contributed by atoms with van der Waals surface area (Å²) >= 11 is 0. The van der Waals surface area contributed by atoms with E-state index in [0.717, 1.165) is 16.7 Å². The molecule has 0 aliphatic heterocycles. The molecule has 1 aliphatic rings. The summed E-state index contributed by atoms with van der Waals surface area (Å²) in [5, 5.41) is 22.2. The van der Waals surface area contributed by atoms with Crippen molar-refractivity contribution >= 4 is 6.09 Å². The molecule has 3 aromatic carbocycles. The molecule has 0 bridgehead atoms. The van der Waals surface area contributed by atoms with Crippen molar-refractivity contribution in [3.05, 3.63) is 77.4 Å². The Labute approximate surface area is 174 Å². The van der Waals surface area contributed by atoms with E-state index in [1.807, 2.05) is 24.3 Å². The van der Waals surface area contributed by atoms with Crippen LogP contribution < -0.4 is 10.1 Å². The minimum Gasteiger partial charge on any atom is -0.504 e. The zero-order valence-corrected chi connectivity index (χ0v) is 16.6. The van der Waals surface area contributed by atoms with Crippen LogP contribution in [-0.2, 0) is 11.2 Å². The van der Waals surface area contributed by atoms with Crippen molar-refractivity contribution in [1.29, 1.82) is 0 Å². The van der Waals surface area contributed by atoms with E-state index in [0.29, 0.717) is 13.0 Å². The monoisotopic (exact) mass is 405 g/mol. The molecule has 0 spiro atoms. The number of nitrogens with one attached hydrogen (secondary N) is 1. The lowest BCUT2D eigenvalue weighted by Gasteiger charge is -2.14. The lowest BCUT2D eigenvalue weighted by molar-refractivity contribution is 0.143. The molecule has 30 heavy (non-hydrogen) atoms. The topological polar surface area (TPSA) is 88.0 Å². The summed E-state index contributed by atoms with van der Waals surface area (Å²) in [6.45, 7) is 0.581. The Bertz CT molecular complexity index is 1030. The number of benzene rings is 3. The first kappa shape index (κ1) is 19.6. The molecule has 0 fully saturated rings. The molecule has 4 rings (SSSR count). The first-order valence-corrected chi connectivity index (χ1v) is 9.76. The number of phenols is 2. The van der Waals surface area contributed by atoms with Gasteiger partial charge in [0.2, 0.25) is 5.75 Å². The van der Waals surface area contributed by atoms with Crippen LogP contribution in [0.15, 0.2) is 60.7 Å². The molecule has 1 amide bonds. The van der Waals surface area contributed by atoms with Crippen molar-refractivity contribution in [2.24, 2.45) is 0 Å². The Morgan fingerprint density at radius 2 is 1.63 bits per heavy atom.